The number of aliphatic hydroxyl groups excluding tert-OH is 1. The fourth-order valence-electron chi connectivity index (χ4n) is 2.05. The molecule has 9 heteroatoms. The molecule has 8 nitrogen and oxygen atoms in total. The highest BCUT2D eigenvalue weighted by atomic mass is 31.0. The van der Waals surface area contributed by atoms with Gasteiger partial charge in [0, 0.05) is 13.3 Å². The fraction of sp³-hybridized carbons (Fsp3) is 0.727. The number of amides is 1. The number of ether oxygens (including phenoxy) is 2. The molecule has 1 amide bonds. The van der Waals surface area contributed by atoms with Gasteiger partial charge in [-0.2, -0.15) is 0 Å². The lowest BCUT2D eigenvalue weighted by molar-refractivity contribution is -0.290. The molecule has 0 saturated carbocycles. The molecule has 0 aromatic heterocycles. The minimum Gasteiger partial charge on any atom is -0.477 e. The average molecular weight is 307 g/mol. The SMILES string of the molecule is CC(=O)NC1C(O)CC(OC(C)P)(C(=O)O)OC1C=O. The number of carboxylic acid groups (broad SMARTS) is 1. The van der Waals surface area contributed by atoms with Crippen LogP contribution in [0.4, 0.5) is 0 Å². The fourth-order valence-corrected chi connectivity index (χ4v) is 2.27. The number of hydrogen-bond donors (Lipinski definition) is 3. The predicted octanol–water partition coefficient (Wildman–Crippen LogP) is -1.14. The maximum absolute atomic E-state index is 11.4. The van der Waals surface area contributed by atoms with Crippen molar-refractivity contribution in [2.45, 2.75) is 50.2 Å². The summed E-state index contributed by atoms with van der Waals surface area (Å²) in [6.07, 6.45) is -2.68. The molecule has 6 unspecified atom stereocenters. The van der Waals surface area contributed by atoms with Gasteiger partial charge in [0.15, 0.2) is 6.29 Å². The van der Waals surface area contributed by atoms with Gasteiger partial charge in [0.05, 0.1) is 18.0 Å². The third-order valence-corrected chi connectivity index (χ3v) is 2.92. The maximum Gasteiger partial charge on any atom is 0.364 e. The first-order valence-electron chi connectivity index (χ1n) is 5.97. The molecule has 1 aliphatic heterocycles. The highest BCUT2D eigenvalue weighted by Crippen LogP contribution is 2.32. The van der Waals surface area contributed by atoms with Gasteiger partial charge in [-0.15, -0.1) is 9.24 Å². The van der Waals surface area contributed by atoms with Crippen molar-refractivity contribution >= 4 is 27.4 Å². The molecule has 0 aliphatic carbocycles. The monoisotopic (exact) mass is 307 g/mol. The van der Waals surface area contributed by atoms with Gasteiger partial charge in [-0.05, 0) is 6.92 Å². The van der Waals surface area contributed by atoms with E-state index in [1.165, 1.54) is 6.92 Å². The van der Waals surface area contributed by atoms with Crippen LogP contribution in [0, 0.1) is 0 Å². The largest absolute Gasteiger partial charge is 0.477 e. The van der Waals surface area contributed by atoms with Gasteiger partial charge in [-0.3, -0.25) is 4.79 Å². The number of rotatable bonds is 5. The molecule has 0 spiro atoms. The zero-order valence-electron chi connectivity index (χ0n) is 11.1. The number of aliphatic hydroxyl groups is 1. The first-order valence-corrected chi connectivity index (χ1v) is 6.63. The van der Waals surface area contributed by atoms with E-state index in [0.717, 1.165) is 0 Å². The zero-order chi connectivity index (χ0) is 15.5. The molecule has 0 radical (unpaired) electrons. The van der Waals surface area contributed by atoms with E-state index in [4.69, 9.17) is 9.47 Å². The van der Waals surface area contributed by atoms with E-state index in [1.54, 1.807) is 6.92 Å². The van der Waals surface area contributed by atoms with Crippen LogP contribution in [0.1, 0.15) is 20.3 Å². The van der Waals surface area contributed by atoms with Crippen LogP contribution in [-0.4, -0.2) is 58.3 Å². The Morgan fingerprint density at radius 1 is 1.60 bits per heavy atom. The predicted molar refractivity (Wildman–Crippen MR) is 69.8 cm³/mol. The second-order valence-electron chi connectivity index (χ2n) is 4.60. The van der Waals surface area contributed by atoms with Crippen LogP contribution in [0.5, 0.6) is 0 Å². The summed E-state index contributed by atoms with van der Waals surface area (Å²) in [5.41, 5.74) is 0. The van der Waals surface area contributed by atoms with Gasteiger partial charge in [0.25, 0.3) is 5.79 Å². The molecule has 1 saturated heterocycles. The maximum atomic E-state index is 11.4. The van der Waals surface area contributed by atoms with Crippen molar-refractivity contribution in [3.63, 3.8) is 0 Å². The van der Waals surface area contributed by atoms with Gasteiger partial charge in [-0.1, -0.05) is 0 Å². The molecule has 6 atom stereocenters. The van der Waals surface area contributed by atoms with Gasteiger partial charge in [0.1, 0.15) is 6.10 Å². The molecule has 114 valence electrons. The molecule has 1 aliphatic rings. The van der Waals surface area contributed by atoms with Crippen LogP contribution < -0.4 is 5.32 Å². The molecular formula is C11H18NO7P. The van der Waals surface area contributed by atoms with Crippen LogP contribution in [0.2, 0.25) is 0 Å². The second-order valence-corrected chi connectivity index (χ2v) is 5.54. The van der Waals surface area contributed by atoms with Crippen molar-refractivity contribution in [1.29, 1.82) is 0 Å². The minimum atomic E-state index is -2.12. The van der Waals surface area contributed by atoms with E-state index in [9.17, 15) is 24.6 Å². The Kier molecular flexibility index (Phi) is 5.59. The van der Waals surface area contributed by atoms with Crippen molar-refractivity contribution in [2.24, 2.45) is 0 Å². The highest BCUT2D eigenvalue weighted by molar-refractivity contribution is 7.17. The number of carbonyl (C=O) groups is 3. The van der Waals surface area contributed by atoms with Crippen molar-refractivity contribution in [3.05, 3.63) is 0 Å². The van der Waals surface area contributed by atoms with Crippen LogP contribution in [0.15, 0.2) is 0 Å². The zero-order valence-corrected chi connectivity index (χ0v) is 12.3. The Hall–Kier alpha value is -1.08. The smallest absolute Gasteiger partial charge is 0.364 e. The van der Waals surface area contributed by atoms with E-state index in [0.29, 0.717) is 6.29 Å². The lowest BCUT2D eigenvalue weighted by atomic mass is 9.93. The number of aliphatic carboxylic acids is 1. The summed E-state index contributed by atoms with van der Waals surface area (Å²) < 4.78 is 10.4. The summed E-state index contributed by atoms with van der Waals surface area (Å²) in [7, 11) is 2.24. The highest BCUT2D eigenvalue weighted by Gasteiger charge is 2.53. The minimum absolute atomic E-state index is 0.331. The number of carboxylic acids is 1. The molecule has 0 aromatic rings. The van der Waals surface area contributed by atoms with E-state index in [-0.39, 0.29) is 0 Å². The van der Waals surface area contributed by atoms with Crippen molar-refractivity contribution in [3.8, 4) is 0 Å². The number of carbonyl (C=O) groups excluding carboxylic acids is 2. The quantitative estimate of drug-likeness (QED) is 0.433. The van der Waals surface area contributed by atoms with Gasteiger partial charge in [-0.25, -0.2) is 4.79 Å². The topological polar surface area (TPSA) is 122 Å². The summed E-state index contributed by atoms with van der Waals surface area (Å²) in [5.74, 6) is -4.60. The van der Waals surface area contributed by atoms with E-state index >= 15 is 0 Å². The molecule has 1 heterocycles. The van der Waals surface area contributed by atoms with E-state index in [1.807, 2.05) is 0 Å². The molecular weight excluding hydrogens is 289 g/mol. The molecule has 0 bridgehead atoms. The molecule has 20 heavy (non-hydrogen) atoms. The van der Waals surface area contributed by atoms with Crippen molar-refractivity contribution in [1.82, 2.24) is 5.32 Å². The van der Waals surface area contributed by atoms with Crippen LogP contribution in [0.25, 0.3) is 0 Å². The summed E-state index contributed by atoms with van der Waals surface area (Å²) >= 11 is 0. The molecule has 0 aromatic carbocycles. The van der Waals surface area contributed by atoms with E-state index < -0.39 is 48.2 Å². The van der Waals surface area contributed by atoms with E-state index in [2.05, 4.69) is 14.6 Å². The number of hydrogen-bond acceptors (Lipinski definition) is 6. The Morgan fingerprint density at radius 2 is 2.20 bits per heavy atom. The standard InChI is InChI=1S/C11H18NO7P/c1-5(14)12-9-7(15)3-11(10(16)17,18-6(2)20)19-8(9)4-13/h4,6-9,15H,3,20H2,1-2H3,(H,12,14)(H,16,17). The third-order valence-electron chi connectivity index (χ3n) is 2.78. The summed E-state index contributed by atoms with van der Waals surface area (Å²) in [4.78, 5) is 33.5. The third kappa shape index (κ3) is 3.73. The summed E-state index contributed by atoms with van der Waals surface area (Å²) in [6, 6.07) is -1.01. The first kappa shape index (κ1) is 17.0. The molecule has 1 rings (SSSR count). The second kappa shape index (κ2) is 6.58. The number of nitrogens with one attached hydrogen (secondary N) is 1. The van der Waals surface area contributed by atoms with Crippen LogP contribution in [-0.2, 0) is 23.9 Å². The normalized spacial score (nSPS) is 35.1. The van der Waals surface area contributed by atoms with Crippen molar-refractivity contribution < 1.29 is 34.1 Å². The van der Waals surface area contributed by atoms with Gasteiger partial charge >= 0.3 is 5.97 Å². The molecule has 1 fully saturated rings. The van der Waals surface area contributed by atoms with Crippen LogP contribution >= 0.6 is 9.24 Å². The first-order chi connectivity index (χ1) is 9.21. The summed E-state index contributed by atoms with van der Waals surface area (Å²) in [6.45, 7) is 2.79. The van der Waals surface area contributed by atoms with Crippen LogP contribution in [0.3, 0.4) is 0 Å². The number of aldehydes is 1. The summed E-state index contributed by atoms with van der Waals surface area (Å²) in [5, 5.41) is 21.6. The van der Waals surface area contributed by atoms with Crippen molar-refractivity contribution in [2.75, 3.05) is 0 Å². The average Bonchev–Trinajstić information content (AvgIpc) is 2.30. The van der Waals surface area contributed by atoms with Gasteiger partial charge in [0.2, 0.25) is 5.91 Å². The molecule has 3 N–H and O–H groups in total. The van der Waals surface area contributed by atoms with Gasteiger partial charge < -0.3 is 29.8 Å². The lowest BCUT2D eigenvalue weighted by Crippen LogP contribution is -2.64. The Bertz CT molecular complexity index is 402. The lowest BCUT2D eigenvalue weighted by Gasteiger charge is -2.43. The Morgan fingerprint density at radius 3 is 2.60 bits per heavy atom. The Balaban J connectivity index is 3.02. The Labute approximate surface area is 118 Å².